The Bertz CT molecular complexity index is 67.1. The minimum absolute atomic E-state index is 0. The van der Waals surface area contributed by atoms with Crippen LogP contribution in [0.5, 0.6) is 0 Å². The lowest BCUT2D eigenvalue weighted by molar-refractivity contribution is 0.157. The predicted octanol–water partition coefficient (Wildman–Crippen LogP) is 0.913. The summed E-state index contributed by atoms with van der Waals surface area (Å²) in [5.41, 5.74) is 4.62. The largest absolute Gasteiger partial charge is 0.450 e. The highest BCUT2D eigenvalue weighted by molar-refractivity contribution is 5.85. The minimum atomic E-state index is -0.693. The fourth-order valence-electron chi connectivity index (χ4n) is 0.203. The lowest BCUT2D eigenvalue weighted by Gasteiger charge is -1.93. The van der Waals surface area contributed by atoms with Crippen molar-refractivity contribution < 1.29 is 9.53 Å². The predicted molar refractivity (Wildman–Crippen MR) is 33.1 cm³/mol. The number of amides is 1. The van der Waals surface area contributed by atoms with E-state index < -0.39 is 6.09 Å². The van der Waals surface area contributed by atoms with Crippen LogP contribution in [-0.2, 0) is 4.74 Å². The second-order valence-corrected chi connectivity index (χ2v) is 1.17. The molecule has 0 radical (unpaired) electrons. The zero-order valence-corrected chi connectivity index (χ0v) is 5.53. The molecule has 0 unspecified atom stereocenters. The molecule has 0 aliphatic rings. The van der Waals surface area contributed by atoms with E-state index in [1.54, 1.807) is 0 Å². The summed E-state index contributed by atoms with van der Waals surface area (Å²) in [6, 6.07) is 0. The highest BCUT2D eigenvalue weighted by Gasteiger charge is 1.86. The molecule has 0 aromatic rings. The summed E-state index contributed by atoms with van der Waals surface area (Å²) in [5, 5.41) is 0. The topological polar surface area (TPSA) is 52.3 Å². The first kappa shape index (κ1) is 10.5. The van der Waals surface area contributed by atoms with Crippen molar-refractivity contribution in [2.45, 2.75) is 13.3 Å². The van der Waals surface area contributed by atoms with Crippen molar-refractivity contribution >= 4 is 18.5 Å². The van der Waals surface area contributed by atoms with Crippen LogP contribution in [-0.4, -0.2) is 12.7 Å². The maximum absolute atomic E-state index is 9.76. The van der Waals surface area contributed by atoms with E-state index in [4.69, 9.17) is 0 Å². The number of halogens is 1. The molecule has 0 aliphatic heterocycles. The molecule has 50 valence electrons. The summed E-state index contributed by atoms with van der Waals surface area (Å²) >= 11 is 0. The van der Waals surface area contributed by atoms with E-state index in [0.29, 0.717) is 6.61 Å². The Kier molecular flexibility index (Phi) is 8.63. The van der Waals surface area contributed by atoms with Crippen molar-refractivity contribution in [1.29, 1.82) is 0 Å². The van der Waals surface area contributed by atoms with Crippen molar-refractivity contribution in [3.05, 3.63) is 0 Å². The van der Waals surface area contributed by atoms with Crippen LogP contribution in [0.3, 0.4) is 0 Å². The molecule has 0 bridgehead atoms. The van der Waals surface area contributed by atoms with Crippen molar-refractivity contribution in [3.8, 4) is 0 Å². The number of ether oxygens (including phenoxy) is 1. The van der Waals surface area contributed by atoms with Gasteiger partial charge < -0.3 is 10.5 Å². The SMILES string of the molecule is CCCOC(N)=O.Cl. The zero-order chi connectivity index (χ0) is 5.70. The molecule has 1 amide bonds. The maximum atomic E-state index is 9.76. The summed E-state index contributed by atoms with van der Waals surface area (Å²) in [4.78, 5) is 9.76. The Hall–Kier alpha value is -0.440. The van der Waals surface area contributed by atoms with E-state index in [2.05, 4.69) is 10.5 Å². The van der Waals surface area contributed by atoms with Crippen molar-refractivity contribution in [2.75, 3.05) is 6.61 Å². The second kappa shape index (κ2) is 6.56. The Labute approximate surface area is 54.6 Å². The van der Waals surface area contributed by atoms with Gasteiger partial charge in [-0.15, -0.1) is 12.4 Å². The fourth-order valence-corrected chi connectivity index (χ4v) is 0.203. The van der Waals surface area contributed by atoms with Crippen LogP contribution in [0.25, 0.3) is 0 Å². The van der Waals surface area contributed by atoms with Crippen LogP contribution in [0.4, 0.5) is 4.79 Å². The van der Waals surface area contributed by atoms with Gasteiger partial charge >= 0.3 is 6.09 Å². The first-order valence-electron chi connectivity index (χ1n) is 2.19. The van der Waals surface area contributed by atoms with Crippen molar-refractivity contribution in [2.24, 2.45) is 5.73 Å². The molecule has 0 aliphatic carbocycles. The van der Waals surface area contributed by atoms with Crippen LogP contribution < -0.4 is 5.73 Å². The molecule has 8 heavy (non-hydrogen) atoms. The summed E-state index contributed by atoms with van der Waals surface area (Å²) in [6.07, 6.45) is 0.130. The first-order chi connectivity index (χ1) is 3.27. The number of carbonyl (C=O) groups is 1. The standard InChI is InChI=1S/C4H9NO2.ClH/c1-2-3-7-4(5)6;/h2-3H2,1H3,(H2,5,6);1H. The van der Waals surface area contributed by atoms with Crippen molar-refractivity contribution in [3.63, 3.8) is 0 Å². The molecule has 3 nitrogen and oxygen atoms in total. The molecule has 0 rings (SSSR count). The summed E-state index contributed by atoms with van der Waals surface area (Å²) < 4.78 is 4.33. The maximum Gasteiger partial charge on any atom is 0.404 e. The van der Waals surface area contributed by atoms with Gasteiger partial charge in [0.1, 0.15) is 0 Å². The number of hydrogen-bond acceptors (Lipinski definition) is 2. The van der Waals surface area contributed by atoms with E-state index in [-0.39, 0.29) is 12.4 Å². The molecule has 0 heterocycles. The van der Waals surface area contributed by atoms with Gasteiger partial charge in [0, 0.05) is 0 Å². The Balaban J connectivity index is 0. The van der Waals surface area contributed by atoms with Gasteiger partial charge in [0.05, 0.1) is 6.61 Å². The third-order valence-corrected chi connectivity index (χ3v) is 0.448. The Morgan fingerprint density at radius 2 is 2.25 bits per heavy atom. The lowest BCUT2D eigenvalue weighted by atomic mass is 10.5. The number of carbonyl (C=O) groups excluding carboxylic acids is 1. The van der Waals surface area contributed by atoms with E-state index in [9.17, 15) is 4.79 Å². The minimum Gasteiger partial charge on any atom is -0.450 e. The summed E-state index contributed by atoms with van der Waals surface area (Å²) in [7, 11) is 0. The van der Waals surface area contributed by atoms with E-state index >= 15 is 0 Å². The average molecular weight is 140 g/mol. The number of hydrogen-bond donors (Lipinski definition) is 1. The molecule has 0 spiro atoms. The third kappa shape index (κ3) is 9.12. The van der Waals surface area contributed by atoms with Crippen LogP contribution in [0, 0.1) is 0 Å². The molecule has 0 aromatic carbocycles. The quantitative estimate of drug-likeness (QED) is 0.619. The van der Waals surface area contributed by atoms with Gasteiger partial charge in [-0.1, -0.05) is 6.92 Å². The molecule has 0 atom stereocenters. The highest BCUT2D eigenvalue weighted by Crippen LogP contribution is 1.76. The molecule has 0 saturated heterocycles. The second-order valence-electron chi connectivity index (χ2n) is 1.17. The fraction of sp³-hybridized carbons (Fsp3) is 0.750. The monoisotopic (exact) mass is 139 g/mol. The van der Waals surface area contributed by atoms with Crippen LogP contribution in [0.1, 0.15) is 13.3 Å². The summed E-state index contributed by atoms with van der Waals surface area (Å²) in [6.45, 7) is 2.33. The molecule has 2 N–H and O–H groups in total. The molecular formula is C4H10ClNO2. The van der Waals surface area contributed by atoms with Gasteiger partial charge in [-0.05, 0) is 6.42 Å². The van der Waals surface area contributed by atoms with E-state index in [0.717, 1.165) is 6.42 Å². The molecular weight excluding hydrogens is 130 g/mol. The number of primary amides is 1. The molecule has 0 fully saturated rings. The molecule has 4 heteroatoms. The van der Waals surface area contributed by atoms with Gasteiger partial charge in [-0.2, -0.15) is 0 Å². The summed E-state index contributed by atoms with van der Waals surface area (Å²) in [5.74, 6) is 0. The Morgan fingerprint density at radius 3 is 2.38 bits per heavy atom. The zero-order valence-electron chi connectivity index (χ0n) is 4.72. The Morgan fingerprint density at radius 1 is 1.75 bits per heavy atom. The van der Waals surface area contributed by atoms with E-state index in [1.165, 1.54) is 0 Å². The first-order valence-corrected chi connectivity index (χ1v) is 2.19. The van der Waals surface area contributed by atoms with Gasteiger partial charge in [-0.25, -0.2) is 4.79 Å². The number of nitrogens with two attached hydrogens (primary N) is 1. The van der Waals surface area contributed by atoms with Gasteiger partial charge in [0.25, 0.3) is 0 Å². The normalized spacial score (nSPS) is 7.12. The van der Waals surface area contributed by atoms with Crippen molar-refractivity contribution in [1.82, 2.24) is 0 Å². The van der Waals surface area contributed by atoms with Gasteiger partial charge in [0.2, 0.25) is 0 Å². The van der Waals surface area contributed by atoms with Crippen LogP contribution >= 0.6 is 12.4 Å². The highest BCUT2D eigenvalue weighted by atomic mass is 35.5. The van der Waals surface area contributed by atoms with Gasteiger partial charge in [-0.3, -0.25) is 0 Å². The van der Waals surface area contributed by atoms with Crippen LogP contribution in [0.2, 0.25) is 0 Å². The van der Waals surface area contributed by atoms with E-state index in [1.807, 2.05) is 6.92 Å². The smallest absolute Gasteiger partial charge is 0.404 e. The third-order valence-electron chi connectivity index (χ3n) is 0.448. The molecule has 0 saturated carbocycles. The molecule has 0 aromatic heterocycles. The average Bonchev–Trinajstić information content (AvgIpc) is 1.61. The van der Waals surface area contributed by atoms with Crippen LogP contribution in [0.15, 0.2) is 0 Å². The number of rotatable bonds is 2. The lowest BCUT2D eigenvalue weighted by Crippen LogP contribution is -2.12. The van der Waals surface area contributed by atoms with Gasteiger partial charge in [0.15, 0.2) is 0 Å².